The Morgan fingerprint density at radius 1 is 1.23 bits per heavy atom. The molecule has 0 aliphatic heterocycles. The van der Waals surface area contributed by atoms with E-state index >= 15 is 0 Å². The van der Waals surface area contributed by atoms with Gasteiger partial charge in [-0.2, -0.15) is 5.57 Å². The number of hydrogen-bond donors (Lipinski definition) is 0. The van der Waals surface area contributed by atoms with Crippen LogP contribution < -0.4 is 24.8 Å². The minimum Gasteiger partial charge on any atom is -1.00 e. The Hall–Kier alpha value is 0.930. The first-order chi connectivity index (χ1) is 4.50. The molecule has 0 saturated carbocycles. The molecule has 0 unspecified atom stereocenters. The van der Waals surface area contributed by atoms with Gasteiger partial charge in [0, 0.05) is 25.8 Å². The molecule has 1 aliphatic carbocycles. The van der Waals surface area contributed by atoms with Gasteiger partial charge >= 0.3 is 0 Å². The molecule has 0 bridgehead atoms. The summed E-state index contributed by atoms with van der Waals surface area (Å²) in [5.41, 5.74) is 3.14. The topological polar surface area (TPSA) is 0 Å². The summed E-state index contributed by atoms with van der Waals surface area (Å²) in [4.78, 5) is 0. The number of hydrogen-bond acceptors (Lipinski definition) is 0. The summed E-state index contributed by atoms with van der Waals surface area (Å²) in [6.45, 7) is 8.86. The predicted octanol–water partition coefficient (Wildman–Crippen LogP) is -2.88. The molecular weight excluding hydrogens is 370 g/mol. The average Bonchev–Trinajstić information content (AvgIpc) is 2.11. The van der Waals surface area contributed by atoms with Gasteiger partial charge < -0.3 is 24.8 Å². The van der Waals surface area contributed by atoms with Gasteiger partial charge in [0.1, 0.15) is 0 Å². The third-order valence-corrected chi connectivity index (χ3v) is 1.91. The average molecular weight is 385 g/mol. The SMILES string of the molecule is CC1=[C-]CC(C(C)(C)C)=C1.[Cl-].[Cl-].[Hf]. The van der Waals surface area contributed by atoms with Crippen LogP contribution in [0.1, 0.15) is 34.1 Å². The molecule has 0 aromatic rings. The summed E-state index contributed by atoms with van der Waals surface area (Å²) in [6.07, 6.45) is 6.59. The minimum absolute atomic E-state index is 0. The zero-order valence-electron chi connectivity index (χ0n) is 8.54. The van der Waals surface area contributed by atoms with Crippen molar-refractivity contribution in [1.82, 2.24) is 0 Å². The van der Waals surface area contributed by atoms with Crippen molar-refractivity contribution >= 4 is 0 Å². The summed E-state index contributed by atoms with van der Waals surface area (Å²) < 4.78 is 0. The molecule has 0 aromatic heterocycles. The van der Waals surface area contributed by atoms with Gasteiger partial charge in [0.25, 0.3) is 0 Å². The third kappa shape index (κ3) is 6.09. The van der Waals surface area contributed by atoms with Crippen LogP contribution in [0.2, 0.25) is 0 Å². The van der Waals surface area contributed by atoms with Crippen molar-refractivity contribution in [2.75, 3.05) is 0 Å². The van der Waals surface area contributed by atoms with Gasteiger partial charge in [0.15, 0.2) is 0 Å². The molecule has 0 N–H and O–H groups in total. The number of allylic oxidation sites excluding steroid dienone is 4. The van der Waals surface area contributed by atoms with E-state index in [2.05, 4.69) is 39.8 Å². The van der Waals surface area contributed by atoms with Gasteiger partial charge in [-0.1, -0.05) is 27.7 Å². The molecule has 1 aliphatic rings. The largest absolute Gasteiger partial charge is 1.00 e. The molecular formula is C10H15Cl2Hf-3. The van der Waals surface area contributed by atoms with E-state index in [1.54, 1.807) is 0 Å². The van der Waals surface area contributed by atoms with Gasteiger partial charge in [-0.3, -0.25) is 6.08 Å². The normalized spacial score (nSPS) is 14.5. The van der Waals surface area contributed by atoms with Gasteiger partial charge in [-0.05, 0) is 5.41 Å². The van der Waals surface area contributed by atoms with Gasteiger partial charge in [0.2, 0.25) is 0 Å². The summed E-state index contributed by atoms with van der Waals surface area (Å²) >= 11 is 0. The third-order valence-electron chi connectivity index (χ3n) is 1.91. The molecule has 0 saturated heterocycles. The standard InChI is InChI=1S/C10H15.2ClH.Hf/c1-8-5-6-9(7-8)10(2,3)4;;;/h7H,6H2,1-4H3;2*1H;/q-1;;;/p-2. The summed E-state index contributed by atoms with van der Waals surface area (Å²) in [5.74, 6) is 0. The molecule has 0 atom stereocenters. The Morgan fingerprint density at radius 2 is 1.69 bits per heavy atom. The molecule has 0 aromatic carbocycles. The zero-order chi connectivity index (χ0) is 7.78. The smallest absolute Gasteiger partial charge is 0 e. The Kier molecular flexibility index (Phi) is 10.9. The molecule has 0 spiro atoms. The monoisotopic (exact) mass is 385 g/mol. The molecule has 1 rings (SSSR count). The van der Waals surface area contributed by atoms with Crippen molar-refractivity contribution in [3.63, 3.8) is 0 Å². The van der Waals surface area contributed by atoms with Crippen LogP contribution in [0.5, 0.6) is 0 Å². The molecule has 3 heteroatoms. The molecule has 0 heterocycles. The van der Waals surface area contributed by atoms with Gasteiger partial charge in [-0.25, -0.2) is 11.6 Å². The van der Waals surface area contributed by atoms with Crippen molar-refractivity contribution in [2.24, 2.45) is 5.41 Å². The van der Waals surface area contributed by atoms with E-state index in [4.69, 9.17) is 0 Å². The maximum atomic E-state index is 3.30. The van der Waals surface area contributed by atoms with Crippen LogP contribution in [0.3, 0.4) is 0 Å². The minimum atomic E-state index is 0. The quantitative estimate of drug-likeness (QED) is 0.311. The van der Waals surface area contributed by atoms with E-state index in [-0.39, 0.29) is 50.7 Å². The second-order valence-electron chi connectivity index (χ2n) is 3.96. The van der Waals surface area contributed by atoms with E-state index in [0.29, 0.717) is 5.41 Å². The Morgan fingerprint density at radius 3 is 1.85 bits per heavy atom. The summed E-state index contributed by atoms with van der Waals surface area (Å²) in [5, 5.41) is 0. The Bertz CT molecular complexity index is 199. The number of rotatable bonds is 0. The van der Waals surface area contributed by atoms with E-state index in [9.17, 15) is 0 Å². The maximum absolute atomic E-state index is 3.30. The van der Waals surface area contributed by atoms with E-state index in [1.807, 2.05) is 0 Å². The van der Waals surface area contributed by atoms with Crippen LogP contribution in [-0.4, -0.2) is 0 Å². The number of halogens is 2. The van der Waals surface area contributed by atoms with Crippen molar-refractivity contribution < 1.29 is 50.7 Å². The van der Waals surface area contributed by atoms with Crippen molar-refractivity contribution in [2.45, 2.75) is 34.1 Å². The van der Waals surface area contributed by atoms with Crippen molar-refractivity contribution in [3.8, 4) is 0 Å². The fourth-order valence-electron chi connectivity index (χ4n) is 1.08. The molecule has 76 valence electrons. The van der Waals surface area contributed by atoms with E-state index in [0.717, 1.165) is 6.42 Å². The Labute approximate surface area is 113 Å². The van der Waals surface area contributed by atoms with Crippen LogP contribution in [-0.2, 0) is 25.8 Å². The molecule has 0 fully saturated rings. The Balaban J connectivity index is -0.000000333. The van der Waals surface area contributed by atoms with Crippen molar-refractivity contribution in [1.29, 1.82) is 0 Å². The fraction of sp³-hybridized carbons (Fsp3) is 0.600. The first kappa shape index (κ1) is 19.5. The second-order valence-corrected chi connectivity index (χ2v) is 3.96. The van der Waals surface area contributed by atoms with E-state index in [1.165, 1.54) is 11.1 Å². The van der Waals surface area contributed by atoms with Crippen molar-refractivity contribution in [3.05, 3.63) is 23.3 Å². The van der Waals surface area contributed by atoms with Crippen LogP contribution in [0.15, 0.2) is 17.2 Å². The molecule has 13 heavy (non-hydrogen) atoms. The van der Waals surface area contributed by atoms with Crippen LogP contribution in [0, 0.1) is 11.5 Å². The van der Waals surface area contributed by atoms with E-state index < -0.39 is 0 Å². The maximum Gasteiger partial charge on any atom is 0 e. The predicted molar refractivity (Wildman–Crippen MR) is 44.6 cm³/mol. The summed E-state index contributed by atoms with van der Waals surface area (Å²) in [7, 11) is 0. The molecule has 0 nitrogen and oxygen atoms in total. The van der Waals surface area contributed by atoms with Crippen LogP contribution in [0.25, 0.3) is 0 Å². The van der Waals surface area contributed by atoms with Gasteiger partial charge in [0.05, 0.1) is 0 Å². The zero-order valence-corrected chi connectivity index (χ0v) is 13.6. The first-order valence-electron chi connectivity index (χ1n) is 3.78. The second kappa shape index (κ2) is 7.25. The first-order valence-corrected chi connectivity index (χ1v) is 3.78. The van der Waals surface area contributed by atoms with Crippen LogP contribution in [0.4, 0.5) is 0 Å². The van der Waals surface area contributed by atoms with Gasteiger partial charge in [-0.15, -0.1) is 6.42 Å². The molecule has 0 amide bonds. The molecule has 0 radical (unpaired) electrons. The summed E-state index contributed by atoms with van der Waals surface area (Å²) in [6, 6.07) is 0. The fourth-order valence-corrected chi connectivity index (χ4v) is 1.08. The van der Waals surface area contributed by atoms with Crippen LogP contribution >= 0.6 is 0 Å².